The van der Waals surface area contributed by atoms with Gasteiger partial charge < -0.3 is 21.3 Å². The van der Waals surface area contributed by atoms with E-state index in [0.29, 0.717) is 0 Å². The zero-order valence-electron chi connectivity index (χ0n) is 37.7. The minimum absolute atomic E-state index is 0.0828. The van der Waals surface area contributed by atoms with Crippen molar-refractivity contribution >= 4 is 50.8 Å². The molecule has 0 fully saturated rings. The highest BCUT2D eigenvalue weighted by atomic mass is 16.1. The zero-order valence-corrected chi connectivity index (χ0v) is 37.7. The Labute approximate surface area is 369 Å². The molecule has 0 bridgehead atoms. The summed E-state index contributed by atoms with van der Waals surface area (Å²) < 4.78 is 3.65. The number of hydrogen-bond donors (Lipinski definition) is 4. The number of imidazole rings is 1. The Bertz CT molecular complexity index is 2540. The second-order valence-electron chi connectivity index (χ2n) is 17.5. The molecule has 0 aliphatic rings. The molecule has 7 nitrogen and oxygen atoms in total. The minimum Gasteiger partial charge on any atom is -0.380 e. The molecule has 0 amide bonds. The van der Waals surface area contributed by atoms with E-state index in [-0.39, 0.29) is 16.6 Å². The Morgan fingerprint density at radius 3 is 1.19 bits per heavy atom. The topological polar surface area (TPSA) is 75.1 Å². The molecule has 2 unspecified atom stereocenters. The van der Waals surface area contributed by atoms with Gasteiger partial charge in [-0.25, -0.2) is 4.79 Å². The van der Waals surface area contributed by atoms with Gasteiger partial charge in [-0.3, -0.25) is 9.13 Å². The Balaban J connectivity index is 0.962. The Kier molecular flexibility index (Phi) is 14.2. The van der Waals surface area contributed by atoms with Crippen LogP contribution in [0.4, 0.5) is 39.8 Å². The van der Waals surface area contributed by atoms with Crippen molar-refractivity contribution in [3.63, 3.8) is 0 Å². The molecule has 0 saturated carbocycles. The lowest BCUT2D eigenvalue weighted by Gasteiger charge is -2.31. The predicted octanol–water partition coefficient (Wildman–Crippen LogP) is 15.4. The van der Waals surface area contributed by atoms with Crippen LogP contribution in [0.3, 0.4) is 0 Å². The molecule has 0 radical (unpaired) electrons. The minimum atomic E-state index is -0.0828. The van der Waals surface area contributed by atoms with E-state index in [1.54, 1.807) is 0 Å². The van der Waals surface area contributed by atoms with Crippen molar-refractivity contribution in [3.8, 4) is 11.4 Å². The van der Waals surface area contributed by atoms with Gasteiger partial charge in [0, 0.05) is 45.4 Å². The van der Waals surface area contributed by atoms with Crippen LogP contribution in [0.5, 0.6) is 0 Å². The third-order valence-corrected chi connectivity index (χ3v) is 12.9. The summed E-state index contributed by atoms with van der Waals surface area (Å²) in [5.41, 5.74) is 12.1. The molecule has 1 aromatic heterocycles. The van der Waals surface area contributed by atoms with Gasteiger partial charge in [0.15, 0.2) is 0 Å². The van der Waals surface area contributed by atoms with E-state index < -0.39 is 0 Å². The van der Waals surface area contributed by atoms with Crippen LogP contribution in [0.1, 0.15) is 111 Å². The van der Waals surface area contributed by atoms with E-state index in [2.05, 4.69) is 160 Å². The SMILES string of the molecule is CCCCCC(C)(CC)Nc1ccc(Nc2ccc(Nc3ccc(Nc4ccc(-n5c(=O)n(-c6ccc(C(C)(CC)CCCCC)cc6)c6ccccc65)cc4)cc3)cc2)cc1. The van der Waals surface area contributed by atoms with Crippen LogP contribution in [0.25, 0.3) is 22.4 Å². The molecule has 322 valence electrons. The number of benzene rings is 6. The summed E-state index contributed by atoms with van der Waals surface area (Å²) in [6, 6.07) is 50.0. The van der Waals surface area contributed by atoms with Crippen LogP contribution >= 0.6 is 0 Å². The first-order valence-corrected chi connectivity index (χ1v) is 23.0. The summed E-state index contributed by atoms with van der Waals surface area (Å²) in [6.07, 6.45) is 12.0. The molecule has 4 N–H and O–H groups in total. The fourth-order valence-corrected chi connectivity index (χ4v) is 8.50. The lowest BCUT2D eigenvalue weighted by atomic mass is 9.76. The van der Waals surface area contributed by atoms with Crippen molar-refractivity contribution in [2.75, 3.05) is 21.3 Å². The number of nitrogens with zero attached hydrogens (tertiary/aromatic N) is 2. The molecule has 6 aromatic carbocycles. The molecular formula is C55H66N6O. The number of unbranched alkanes of at least 4 members (excludes halogenated alkanes) is 4. The lowest BCUT2D eigenvalue weighted by Crippen LogP contribution is -2.33. The van der Waals surface area contributed by atoms with Gasteiger partial charge in [0.05, 0.1) is 22.4 Å². The molecule has 7 rings (SSSR count). The standard InChI is InChI=1S/C55H66N6O/c1-7-11-15-39-54(5,9-3)41-19-35-49(36-20-41)60-51-17-13-14-18-52(51)61(53(60)62)50-37-33-47(34-38-50)58-45-27-25-43(26-28-45)56-42-21-23-44(24-22-42)57-46-29-31-48(32-30-46)59-55(6,10-4)40-16-12-8-2/h13-14,17-38,56-59H,7-12,15-16,39-40H2,1-6H3. The van der Waals surface area contributed by atoms with Crippen molar-refractivity contribution < 1.29 is 0 Å². The smallest absolute Gasteiger partial charge is 0.338 e. The number of nitrogens with one attached hydrogen (secondary N) is 4. The van der Waals surface area contributed by atoms with Crippen molar-refractivity contribution in [2.24, 2.45) is 0 Å². The van der Waals surface area contributed by atoms with Crippen molar-refractivity contribution in [1.29, 1.82) is 0 Å². The van der Waals surface area contributed by atoms with Crippen LogP contribution in [0.2, 0.25) is 0 Å². The monoisotopic (exact) mass is 827 g/mol. The summed E-state index contributed by atoms with van der Waals surface area (Å²) in [5, 5.41) is 14.4. The summed E-state index contributed by atoms with van der Waals surface area (Å²) >= 11 is 0. The van der Waals surface area contributed by atoms with Gasteiger partial charge in [0.25, 0.3) is 0 Å². The van der Waals surface area contributed by atoms with Crippen molar-refractivity contribution in [2.45, 2.75) is 117 Å². The van der Waals surface area contributed by atoms with Crippen molar-refractivity contribution in [3.05, 3.63) is 162 Å². The third-order valence-electron chi connectivity index (χ3n) is 12.9. The third kappa shape index (κ3) is 10.4. The first-order chi connectivity index (χ1) is 30.1. The largest absolute Gasteiger partial charge is 0.380 e. The number of hydrogen-bond acceptors (Lipinski definition) is 5. The summed E-state index contributed by atoms with van der Waals surface area (Å²) in [4.78, 5) is 14.2. The van der Waals surface area contributed by atoms with Crippen molar-refractivity contribution in [1.82, 2.24) is 9.13 Å². The Hall–Kier alpha value is -6.21. The van der Waals surface area contributed by atoms with Crippen LogP contribution < -0.4 is 27.0 Å². The summed E-state index contributed by atoms with van der Waals surface area (Å²) in [7, 11) is 0. The fourth-order valence-electron chi connectivity index (χ4n) is 8.50. The van der Waals surface area contributed by atoms with Gasteiger partial charge in [-0.2, -0.15) is 0 Å². The first kappa shape index (κ1) is 43.9. The van der Waals surface area contributed by atoms with Crippen LogP contribution in [0.15, 0.2) is 150 Å². The van der Waals surface area contributed by atoms with Gasteiger partial charge in [-0.15, -0.1) is 0 Å². The summed E-state index contributed by atoms with van der Waals surface area (Å²) in [5.74, 6) is 0. The number of fused-ring (bicyclic) bond motifs is 1. The van der Waals surface area contributed by atoms with Crippen LogP contribution in [0, 0.1) is 0 Å². The second kappa shape index (κ2) is 20.1. The first-order valence-electron chi connectivity index (χ1n) is 23.0. The normalized spacial score (nSPS) is 13.3. The maximum Gasteiger partial charge on any atom is 0.338 e. The number of anilines is 7. The van der Waals surface area contributed by atoms with Gasteiger partial charge in [0.2, 0.25) is 0 Å². The fraction of sp³-hybridized carbons (Fsp3) is 0.327. The molecule has 0 aliphatic heterocycles. The molecular weight excluding hydrogens is 761 g/mol. The second-order valence-corrected chi connectivity index (χ2v) is 17.5. The van der Waals surface area contributed by atoms with Gasteiger partial charge in [-0.1, -0.05) is 97.4 Å². The van der Waals surface area contributed by atoms with Gasteiger partial charge in [-0.05, 0) is 165 Å². The average molecular weight is 827 g/mol. The van der Waals surface area contributed by atoms with Gasteiger partial charge in [0.1, 0.15) is 0 Å². The highest BCUT2D eigenvalue weighted by molar-refractivity contribution is 5.80. The lowest BCUT2D eigenvalue weighted by molar-refractivity contribution is 0.398. The Morgan fingerprint density at radius 2 is 0.806 bits per heavy atom. The molecule has 0 saturated heterocycles. The van der Waals surface area contributed by atoms with Gasteiger partial charge >= 0.3 is 5.69 Å². The maximum absolute atomic E-state index is 14.2. The molecule has 7 heteroatoms. The Morgan fingerprint density at radius 1 is 0.435 bits per heavy atom. The van der Waals surface area contributed by atoms with E-state index >= 15 is 0 Å². The maximum atomic E-state index is 14.2. The molecule has 1 heterocycles. The van der Waals surface area contributed by atoms with E-state index in [0.717, 1.165) is 75.1 Å². The number of para-hydroxylation sites is 2. The zero-order chi connectivity index (χ0) is 43.5. The van der Waals surface area contributed by atoms with Crippen LogP contribution in [-0.4, -0.2) is 14.7 Å². The van der Waals surface area contributed by atoms with E-state index in [9.17, 15) is 4.79 Å². The molecule has 7 aromatic rings. The number of aromatic nitrogens is 2. The highest BCUT2D eigenvalue weighted by Gasteiger charge is 2.25. The van der Waals surface area contributed by atoms with E-state index in [1.165, 1.54) is 56.9 Å². The van der Waals surface area contributed by atoms with Crippen LogP contribution in [-0.2, 0) is 5.41 Å². The number of rotatable bonds is 21. The molecule has 0 spiro atoms. The molecule has 0 aliphatic carbocycles. The summed E-state index contributed by atoms with van der Waals surface area (Å²) in [6.45, 7) is 13.8. The van der Waals surface area contributed by atoms with E-state index in [1.807, 2.05) is 57.7 Å². The average Bonchev–Trinajstić information content (AvgIpc) is 3.60. The quantitative estimate of drug-likeness (QED) is 0.0543. The van der Waals surface area contributed by atoms with E-state index in [4.69, 9.17) is 0 Å². The molecule has 62 heavy (non-hydrogen) atoms. The predicted molar refractivity (Wildman–Crippen MR) is 266 cm³/mol. The highest BCUT2D eigenvalue weighted by Crippen LogP contribution is 2.34. The molecule has 2 atom stereocenters.